The van der Waals surface area contributed by atoms with Crippen LogP contribution in [0.3, 0.4) is 0 Å². The van der Waals surface area contributed by atoms with Gasteiger partial charge >= 0.3 is 5.97 Å². The van der Waals surface area contributed by atoms with Gasteiger partial charge in [0.2, 0.25) is 0 Å². The first-order valence-corrected chi connectivity index (χ1v) is 5.04. The second-order valence-electron chi connectivity index (χ2n) is 4.20. The van der Waals surface area contributed by atoms with E-state index in [0.717, 1.165) is 12.8 Å². The Kier molecular flexibility index (Phi) is 2.96. The number of carbonyl (C=O) groups is 1. The molecule has 0 spiro atoms. The summed E-state index contributed by atoms with van der Waals surface area (Å²) in [7, 11) is 0. The summed E-state index contributed by atoms with van der Waals surface area (Å²) in [5.74, 6) is -0.344. The predicted molar refractivity (Wildman–Crippen MR) is 51.7 cm³/mol. The molecule has 2 N–H and O–H groups in total. The van der Waals surface area contributed by atoms with Gasteiger partial charge in [0.15, 0.2) is 0 Å². The van der Waals surface area contributed by atoms with Gasteiger partial charge in [-0.15, -0.1) is 0 Å². The average molecular weight is 185 g/mol. The van der Waals surface area contributed by atoms with Crippen molar-refractivity contribution in [2.75, 3.05) is 0 Å². The Morgan fingerprint density at radius 2 is 2.15 bits per heavy atom. The van der Waals surface area contributed by atoms with Crippen LogP contribution in [0, 0.1) is 5.92 Å². The molecule has 1 fully saturated rings. The fraction of sp³-hybridized carbons (Fsp3) is 0.900. The van der Waals surface area contributed by atoms with E-state index in [1.165, 1.54) is 0 Å². The Balaban J connectivity index is 2.75. The first-order valence-electron chi connectivity index (χ1n) is 5.04. The molecule has 0 aromatic rings. The van der Waals surface area contributed by atoms with Gasteiger partial charge in [0.05, 0.1) is 0 Å². The van der Waals surface area contributed by atoms with Crippen LogP contribution in [0.1, 0.15) is 40.0 Å². The zero-order valence-corrected chi connectivity index (χ0v) is 8.63. The van der Waals surface area contributed by atoms with Gasteiger partial charge in [-0.1, -0.05) is 6.92 Å². The molecule has 0 bridgehead atoms. The SMILES string of the molecule is CCC(NC(C)C)(C(=O)O)C1CC1. The highest BCUT2D eigenvalue weighted by Crippen LogP contribution is 2.42. The molecule has 76 valence electrons. The van der Waals surface area contributed by atoms with Crippen LogP contribution in [-0.4, -0.2) is 22.7 Å². The maximum Gasteiger partial charge on any atom is 0.324 e. The predicted octanol–water partition coefficient (Wildman–Crippen LogP) is 1.63. The lowest BCUT2D eigenvalue weighted by Crippen LogP contribution is -2.56. The van der Waals surface area contributed by atoms with Gasteiger partial charge in [-0.2, -0.15) is 0 Å². The summed E-state index contributed by atoms with van der Waals surface area (Å²) >= 11 is 0. The van der Waals surface area contributed by atoms with Gasteiger partial charge in [-0.3, -0.25) is 10.1 Å². The maximum atomic E-state index is 11.2. The topological polar surface area (TPSA) is 49.3 Å². The molecule has 1 rings (SSSR count). The standard InChI is InChI=1S/C10H19NO2/c1-4-10(9(12)13,8-5-6-8)11-7(2)3/h7-8,11H,4-6H2,1-3H3,(H,12,13). The van der Waals surface area contributed by atoms with Gasteiger partial charge in [-0.05, 0) is 39.0 Å². The molecule has 0 aromatic carbocycles. The van der Waals surface area contributed by atoms with E-state index in [4.69, 9.17) is 0 Å². The molecule has 13 heavy (non-hydrogen) atoms. The molecule has 0 radical (unpaired) electrons. The third kappa shape index (κ3) is 2.02. The zero-order valence-electron chi connectivity index (χ0n) is 8.63. The van der Waals surface area contributed by atoms with E-state index in [1.807, 2.05) is 20.8 Å². The van der Waals surface area contributed by atoms with E-state index in [2.05, 4.69) is 5.32 Å². The minimum atomic E-state index is -0.689. The fourth-order valence-corrected chi connectivity index (χ4v) is 1.99. The van der Waals surface area contributed by atoms with E-state index < -0.39 is 11.5 Å². The number of nitrogens with one attached hydrogen (secondary N) is 1. The summed E-state index contributed by atoms with van der Waals surface area (Å²) in [4.78, 5) is 11.2. The number of hydrogen-bond donors (Lipinski definition) is 2. The summed E-state index contributed by atoms with van der Waals surface area (Å²) in [5.41, 5.74) is -0.659. The van der Waals surface area contributed by atoms with Crippen molar-refractivity contribution in [3.63, 3.8) is 0 Å². The van der Waals surface area contributed by atoms with Crippen molar-refractivity contribution in [1.82, 2.24) is 5.32 Å². The Hall–Kier alpha value is -0.570. The van der Waals surface area contributed by atoms with Crippen LogP contribution in [0.2, 0.25) is 0 Å². The lowest BCUT2D eigenvalue weighted by atomic mass is 9.89. The van der Waals surface area contributed by atoms with Gasteiger partial charge in [-0.25, -0.2) is 0 Å². The number of hydrogen-bond acceptors (Lipinski definition) is 2. The van der Waals surface area contributed by atoms with Gasteiger partial charge in [0, 0.05) is 6.04 Å². The minimum absolute atomic E-state index is 0.233. The molecule has 0 heterocycles. The van der Waals surface area contributed by atoms with Crippen molar-refractivity contribution in [1.29, 1.82) is 0 Å². The van der Waals surface area contributed by atoms with Crippen molar-refractivity contribution < 1.29 is 9.90 Å². The third-order valence-electron chi connectivity index (χ3n) is 2.76. The zero-order chi connectivity index (χ0) is 10.1. The van der Waals surface area contributed by atoms with Crippen molar-refractivity contribution in [3.05, 3.63) is 0 Å². The quantitative estimate of drug-likeness (QED) is 0.684. The van der Waals surface area contributed by atoms with Gasteiger partial charge < -0.3 is 5.11 Å². The van der Waals surface area contributed by atoms with Crippen molar-refractivity contribution in [3.8, 4) is 0 Å². The van der Waals surface area contributed by atoms with E-state index in [0.29, 0.717) is 12.3 Å². The largest absolute Gasteiger partial charge is 0.480 e. The van der Waals surface area contributed by atoms with Crippen LogP contribution in [0.25, 0.3) is 0 Å². The molecule has 1 aliphatic rings. The highest BCUT2D eigenvalue weighted by atomic mass is 16.4. The Bertz CT molecular complexity index is 199. The molecule has 3 nitrogen and oxygen atoms in total. The van der Waals surface area contributed by atoms with E-state index in [1.54, 1.807) is 0 Å². The lowest BCUT2D eigenvalue weighted by molar-refractivity contribution is -0.146. The molecule has 0 amide bonds. The van der Waals surface area contributed by atoms with E-state index in [-0.39, 0.29) is 6.04 Å². The smallest absolute Gasteiger partial charge is 0.324 e. The summed E-state index contributed by atoms with van der Waals surface area (Å²) < 4.78 is 0. The highest BCUT2D eigenvalue weighted by Gasteiger charge is 2.49. The molecule has 1 atom stereocenters. The van der Waals surface area contributed by atoms with Crippen LogP contribution in [0.15, 0.2) is 0 Å². The Morgan fingerprint density at radius 3 is 2.38 bits per heavy atom. The first kappa shape index (κ1) is 10.5. The van der Waals surface area contributed by atoms with Gasteiger partial charge in [0.1, 0.15) is 5.54 Å². The summed E-state index contributed by atoms with van der Waals surface area (Å²) in [6, 6.07) is 0.233. The first-order chi connectivity index (χ1) is 6.03. The molecule has 1 saturated carbocycles. The number of carboxylic acids is 1. The Labute approximate surface area is 79.5 Å². The monoisotopic (exact) mass is 185 g/mol. The second-order valence-corrected chi connectivity index (χ2v) is 4.20. The molecule has 1 aliphatic carbocycles. The van der Waals surface area contributed by atoms with Crippen LogP contribution >= 0.6 is 0 Å². The summed E-state index contributed by atoms with van der Waals surface area (Å²) in [6.45, 7) is 5.94. The average Bonchev–Trinajstić information content (AvgIpc) is 2.81. The maximum absolute atomic E-state index is 11.2. The van der Waals surface area contributed by atoms with E-state index >= 15 is 0 Å². The molecule has 3 heteroatoms. The molecule has 0 saturated heterocycles. The summed E-state index contributed by atoms with van der Waals surface area (Å²) in [5, 5.41) is 12.4. The van der Waals surface area contributed by atoms with E-state index in [9.17, 15) is 9.90 Å². The van der Waals surface area contributed by atoms with Gasteiger partial charge in [0.25, 0.3) is 0 Å². The van der Waals surface area contributed by atoms with Crippen LogP contribution in [0.4, 0.5) is 0 Å². The molecule has 1 unspecified atom stereocenters. The third-order valence-corrected chi connectivity index (χ3v) is 2.76. The number of aliphatic carboxylic acids is 1. The number of rotatable bonds is 5. The normalized spacial score (nSPS) is 21.5. The second kappa shape index (κ2) is 3.66. The summed E-state index contributed by atoms with van der Waals surface area (Å²) in [6.07, 6.45) is 2.78. The van der Waals surface area contributed by atoms with Crippen LogP contribution < -0.4 is 5.32 Å². The molecule has 0 aliphatic heterocycles. The number of carboxylic acid groups (broad SMARTS) is 1. The Morgan fingerprint density at radius 1 is 1.62 bits per heavy atom. The van der Waals surface area contributed by atoms with Crippen LogP contribution in [0.5, 0.6) is 0 Å². The fourth-order valence-electron chi connectivity index (χ4n) is 1.99. The van der Waals surface area contributed by atoms with Crippen molar-refractivity contribution >= 4 is 5.97 Å². The molecular formula is C10H19NO2. The van der Waals surface area contributed by atoms with Crippen molar-refractivity contribution in [2.45, 2.75) is 51.6 Å². The van der Waals surface area contributed by atoms with Crippen LogP contribution in [-0.2, 0) is 4.79 Å². The highest BCUT2D eigenvalue weighted by molar-refractivity contribution is 5.79. The lowest BCUT2D eigenvalue weighted by Gasteiger charge is -2.31. The minimum Gasteiger partial charge on any atom is -0.480 e. The molecular weight excluding hydrogens is 166 g/mol. The van der Waals surface area contributed by atoms with Crippen molar-refractivity contribution in [2.24, 2.45) is 5.92 Å². The molecule has 0 aromatic heterocycles.